The molecule has 1 amide bonds. The minimum absolute atomic E-state index is 0.114. The molecule has 2 heterocycles. The standard InChI is InChI=1S/C13H11ClN2O2/c14-12-9(5-7-18-12)13(17)16-6-4-8-2-1-3-10(15)11(8)16/h1-3,5,7H,4,6,15H2. The maximum absolute atomic E-state index is 12.4. The third-order valence-corrected chi connectivity index (χ3v) is 3.41. The van der Waals surface area contributed by atoms with Crippen molar-refractivity contribution in [1.29, 1.82) is 0 Å². The lowest BCUT2D eigenvalue weighted by atomic mass is 10.1. The molecule has 0 spiro atoms. The van der Waals surface area contributed by atoms with Gasteiger partial charge < -0.3 is 15.1 Å². The van der Waals surface area contributed by atoms with Gasteiger partial charge in [-0.3, -0.25) is 4.79 Å². The molecule has 5 heteroatoms. The Morgan fingerprint density at radius 1 is 1.39 bits per heavy atom. The van der Waals surface area contributed by atoms with Crippen molar-refractivity contribution in [3.8, 4) is 0 Å². The first-order valence-corrected chi connectivity index (χ1v) is 5.98. The number of nitrogens with two attached hydrogens (primary N) is 1. The highest BCUT2D eigenvalue weighted by Crippen LogP contribution is 2.35. The van der Waals surface area contributed by atoms with Crippen LogP contribution in [-0.4, -0.2) is 12.5 Å². The number of fused-ring (bicyclic) bond motifs is 1. The van der Waals surface area contributed by atoms with Crippen molar-refractivity contribution in [3.05, 3.63) is 46.9 Å². The topological polar surface area (TPSA) is 59.5 Å². The molecule has 2 N–H and O–H groups in total. The normalized spacial score (nSPS) is 13.7. The van der Waals surface area contributed by atoms with Gasteiger partial charge >= 0.3 is 0 Å². The number of hydrogen-bond acceptors (Lipinski definition) is 3. The lowest BCUT2D eigenvalue weighted by molar-refractivity contribution is 0.0989. The molecule has 1 aliphatic rings. The summed E-state index contributed by atoms with van der Waals surface area (Å²) >= 11 is 5.83. The second-order valence-corrected chi connectivity index (χ2v) is 4.51. The van der Waals surface area contributed by atoms with Gasteiger partial charge in [0.25, 0.3) is 5.91 Å². The van der Waals surface area contributed by atoms with Crippen molar-refractivity contribution in [2.45, 2.75) is 6.42 Å². The molecule has 4 nitrogen and oxygen atoms in total. The lowest BCUT2D eigenvalue weighted by Crippen LogP contribution is -2.29. The molecule has 1 aliphatic heterocycles. The number of carbonyl (C=O) groups is 1. The first kappa shape index (κ1) is 11.2. The van der Waals surface area contributed by atoms with Gasteiger partial charge in [-0.05, 0) is 35.7 Å². The average molecular weight is 263 g/mol. The monoisotopic (exact) mass is 262 g/mol. The van der Waals surface area contributed by atoms with Crippen LogP contribution in [0.1, 0.15) is 15.9 Å². The van der Waals surface area contributed by atoms with Crippen LogP contribution in [0.25, 0.3) is 0 Å². The summed E-state index contributed by atoms with van der Waals surface area (Å²) in [4.78, 5) is 14.0. The molecule has 0 aliphatic carbocycles. The van der Waals surface area contributed by atoms with Crippen LogP contribution in [0.2, 0.25) is 5.22 Å². The van der Waals surface area contributed by atoms with E-state index in [0.717, 1.165) is 17.7 Å². The maximum atomic E-state index is 12.4. The SMILES string of the molecule is Nc1cccc2c1N(C(=O)c1ccoc1Cl)CC2. The molecule has 92 valence electrons. The van der Waals surface area contributed by atoms with Gasteiger partial charge in [-0.2, -0.15) is 0 Å². The Bertz CT molecular complexity index is 621. The van der Waals surface area contributed by atoms with Gasteiger partial charge in [-0.15, -0.1) is 0 Å². The van der Waals surface area contributed by atoms with E-state index in [0.29, 0.717) is 17.8 Å². The summed E-state index contributed by atoms with van der Waals surface area (Å²) in [5.74, 6) is -0.176. The molecule has 0 unspecified atom stereocenters. The Labute approximate surface area is 109 Å². The minimum Gasteiger partial charge on any atom is -0.452 e. The summed E-state index contributed by atoms with van der Waals surface area (Å²) in [6.07, 6.45) is 2.21. The Morgan fingerprint density at radius 3 is 2.94 bits per heavy atom. The van der Waals surface area contributed by atoms with Crippen LogP contribution >= 0.6 is 11.6 Å². The number of anilines is 2. The summed E-state index contributed by atoms with van der Waals surface area (Å²) in [5.41, 5.74) is 8.80. The molecule has 0 saturated heterocycles. The zero-order valence-electron chi connectivity index (χ0n) is 9.52. The molecule has 2 aromatic rings. The van der Waals surface area contributed by atoms with Gasteiger partial charge in [0.15, 0.2) is 0 Å². The minimum atomic E-state index is -0.176. The van der Waals surface area contributed by atoms with Gasteiger partial charge in [0.05, 0.1) is 23.2 Å². The van der Waals surface area contributed by atoms with E-state index >= 15 is 0 Å². The van der Waals surface area contributed by atoms with E-state index in [9.17, 15) is 4.79 Å². The largest absolute Gasteiger partial charge is 0.452 e. The number of halogens is 1. The lowest BCUT2D eigenvalue weighted by Gasteiger charge is -2.18. The third-order valence-electron chi connectivity index (χ3n) is 3.12. The summed E-state index contributed by atoms with van der Waals surface area (Å²) in [6.45, 7) is 0.615. The van der Waals surface area contributed by atoms with Crippen LogP contribution in [-0.2, 0) is 6.42 Å². The molecular formula is C13H11ClN2O2. The number of hydrogen-bond donors (Lipinski definition) is 1. The van der Waals surface area contributed by atoms with E-state index in [2.05, 4.69) is 0 Å². The van der Waals surface area contributed by atoms with Gasteiger partial charge in [0.1, 0.15) is 0 Å². The highest BCUT2D eigenvalue weighted by molar-refractivity contribution is 6.33. The number of nitrogens with zero attached hydrogens (tertiary/aromatic N) is 1. The van der Waals surface area contributed by atoms with Crippen LogP contribution in [0, 0.1) is 0 Å². The zero-order valence-corrected chi connectivity index (χ0v) is 10.3. The van der Waals surface area contributed by atoms with Crippen molar-refractivity contribution in [3.63, 3.8) is 0 Å². The Kier molecular flexibility index (Phi) is 2.52. The van der Waals surface area contributed by atoms with Crippen LogP contribution in [0.3, 0.4) is 0 Å². The Morgan fingerprint density at radius 2 is 2.22 bits per heavy atom. The van der Waals surface area contributed by atoms with Crippen molar-refractivity contribution >= 4 is 28.9 Å². The molecule has 3 rings (SSSR count). The van der Waals surface area contributed by atoms with Crippen molar-refractivity contribution in [2.75, 3.05) is 17.2 Å². The quantitative estimate of drug-likeness (QED) is 0.804. The fourth-order valence-electron chi connectivity index (χ4n) is 2.28. The predicted molar refractivity (Wildman–Crippen MR) is 70.0 cm³/mol. The van der Waals surface area contributed by atoms with E-state index in [1.54, 1.807) is 17.0 Å². The second kappa shape index (κ2) is 4.07. The predicted octanol–water partition coefficient (Wildman–Crippen LogP) is 2.72. The van der Waals surface area contributed by atoms with Crippen LogP contribution < -0.4 is 10.6 Å². The summed E-state index contributed by atoms with van der Waals surface area (Å²) in [5, 5.41) is 0.114. The highest BCUT2D eigenvalue weighted by atomic mass is 35.5. The molecule has 0 saturated carbocycles. The molecule has 0 bridgehead atoms. The number of furan rings is 1. The van der Waals surface area contributed by atoms with E-state index < -0.39 is 0 Å². The van der Waals surface area contributed by atoms with Crippen molar-refractivity contribution in [2.24, 2.45) is 0 Å². The third kappa shape index (κ3) is 1.57. The molecule has 1 aromatic heterocycles. The number of nitrogen functional groups attached to an aromatic ring is 1. The van der Waals surface area contributed by atoms with Gasteiger partial charge in [0.2, 0.25) is 5.22 Å². The first-order chi connectivity index (χ1) is 8.68. The number of carbonyl (C=O) groups excluding carboxylic acids is 1. The van der Waals surface area contributed by atoms with Crippen molar-refractivity contribution < 1.29 is 9.21 Å². The van der Waals surface area contributed by atoms with Crippen LogP contribution in [0.4, 0.5) is 11.4 Å². The number of amides is 1. The van der Waals surface area contributed by atoms with Crippen molar-refractivity contribution in [1.82, 2.24) is 0 Å². The molecular weight excluding hydrogens is 252 g/mol. The van der Waals surface area contributed by atoms with E-state index in [1.807, 2.05) is 12.1 Å². The van der Waals surface area contributed by atoms with E-state index in [-0.39, 0.29) is 11.1 Å². The van der Waals surface area contributed by atoms with Crippen LogP contribution in [0.15, 0.2) is 34.9 Å². The van der Waals surface area contributed by atoms with E-state index in [1.165, 1.54) is 6.26 Å². The molecule has 0 radical (unpaired) electrons. The molecule has 18 heavy (non-hydrogen) atoms. The molecule has 1 aromatic carbocycles. The number of para-hydroxylation sites is 1. The Hall–Kier alpha value is -1.94. The van der Waals surface area contributed by atoms with E-state index in [4.69, 9.17) is 21.8 Å². The Balaban J connectivity index is 2.03. The highest BCUT2D eigenvalue weighted by Gasteiger charge is 2.29. The summed E-state index contributed by atoms with van der Waals surface area (Å²) < 4.78 is 4.95. The zero-order chi connectivity index (χ0) is 12.7. The fraction of sp³-hybridized carbons (Fsp3) is 0.154. The molecule has 0 atom stereocenters. The van der Waals surface area contributed by atoms with Gasteiger partial charge in [-0.1, -0.05) is 12.1 Å². The van der Waals surface area contributed by atoms with Gasteiger partial charge in [-0.25, -0.2) is 0 Å². The van der Waals surface area contributed by atoms with Crippen LogP contribution in [0.5, 0.6) is 0 Å². The smallest absolute Gasteiger partial charge is 0.263 e. The number of benzene rings is 1. The summed E-state index contributed by atoms with van der Waals surface area (Å²) in [6, 6.07) is 7.24. The maximum Gasteiger partial charge on any atom is 0.263 e. The first-order valence-electron chi connectivity index (χ1n) is 5.60. The summed E-state index contributed by atoms with van der Waals surface area (Å²) in [7, 11) is 0. The van der Waals surface area contributed by atoms with Gasteiger partial charge in [0, 0.05) is 6.54 Å². The second-order valence-electron chi connectivity index (χ2n) is 4.17. The number of rotatable bonds is 1. The molecule has 0 fully saturated rings. The fourth-order valence-corrected chi connectivity index (χ4v) is 2.48. The average Bonchev–Trinajstić information content (AvgIpc) is 2.95.